The predicted octanol–water partition coefficient (Wildman–Crippen LogP) is 4.64. The third-order valence-electron chi connectivity index (χ3n) is 5.73. The predicted molar refractivity (Wildman–Crippen MR) is 77.4 cm³/mol. The van der Waals surface area contributed by atoms with E-state index in [-0.39, 0.29) is 0 Å². The van der Waals surface area contributed by atoms with E-state index in [0.717, 1.165) is 23.7 Å². The second-order valence-corrected chi connectivity index (χ2v) is 7.09. The van der Waals surface area contributed by atoms with Gasteiger partial charge in [0.15, 0.2) is 0 Å². The Labute approximate surface area is 113 Å². The summed E-state index contributed by atoms with van der Waals surface area (Å²) in [7, 11) is 0. The Balaban J connectivity index is 1.92. The van der Waals surface area contributed by atoms with Gasteiger partial charge < -0.3 is 5.11 Å². The van der Waals surface area contributed by atoms with Crippen LogP contribution in [0.4, 0.5) is 0 Å². The Kier molecular flexibility index (Phi) is 5.54. The lowest BCUT2D eigenvalue weighted by Crippen LogP contribution is -2.33. The van der Waals surface area contributed by atoms with Crippen LogP contribution in [0.1, 0.15) is 71.6 Å². The standard InChI is InChI=1S/C17H32O/c1-3-4-16-11-14(12-18)7-10-17(16)15-8-5-13(2)6-9-15/h13-18H,3-12H2,1-2H3. The minimum Gasteiger partial charge on any atom is -0.396 e. The fraction of sp³-hybridized carbons (Fsp3) is 1.00. The summed E-state index contributed by atoms with van der Waals surface area (Å²) < 4.78 is 0. The van der Waals surface area contributed by atoms with Gasteiger partial charge in [0, 0.05) is 6.61 Å². The number of hydrogen-bond acceptors (Lipinski definition) is 1. The highest BCUT2D eigenvalue weighted by atomic mass is 16.3. The first-order valence-corrected chi connectivity index (χ1v) is 8.35. The minimum atomic E-state index is 0.425. The zero-order valence-corrected chi connectivity index (χ0v) is 12.4. The molecule has 1 N–H and O–H groups in total. The molecule has 0 aromatic carbocycles. The van der Waals surface area contributed by atoms with Crippen LogP contribution in [0.3, 0.4) is 0 Å². The lowest BCUT2D eigenvalue weighted by atomic mass is 9.63. The van der Waals surface area contributed by atoms with Crippen LogP contribution >= 0.6 is 0 Å². The van der Waals surface area contributed by atoms with E-state index in [2.05, 4.69) is 13.8 Å². The summed E-state index contributed by atoms with van der Waals surface area (Å²) in [5.41, 5.74) is 0. The first-order chi connectivity index (χ1) is 8.74. The SMILES string of the molecule is CCCC1CC(CO)CCC1C1CCC(C)CC1. The Morgan fingerprint density at radius 3 is 2.33 bits per heavy atom. The normalized spacial score (nSPS) is 41.8. The quantitative estimate of drug-likeness (QED) is 0.773. The second-order valence-electron chi connectivity index (χ2n) is 7.09. The molecule has 0 amide bonds. The first kappa shape index (κ1) is 14.4. The molecule has 2 aliphatic carbocycles. The largest absolute Gasteiger partial charge is 0.396 e. The highest BCUT2D eigenvalue weighted by Gasteiger charge is 2.35. The highest BCUT2D eigenvalue weighted by molar-refractivity contribution is 4.86. The number of hydrogen-bond donors (Lipinski definition) is 1. The van der Waals surface area contributed by atoms with Crippen LogP contribution in [0, 0.1) is 29.6 Å². The molecule has 0 aromatic heterocycles. The molecular formula is C17H32O. The van der Waals surface area contributed by atoms with Gasteiger partial charge >= 0.3 is 0 Å². The Morgan fingerprint density at radius 2 is 1.72 bits per heavy atom. The molecule has 0 bridgehead atoms. The summed E-state index contributed by atoms with van der Waals surface area (Å²) in [6.45, 7) is 5.17. The maximum Gasteiger partial charge on any atom is 0.0459 e. The van der Waals surface area contributed by atoms with E-state index in [1.165, 1.54) is 57.8 Å². The topological polar surface area (TPSA) is 20.2 Å². The lowest BCUT2D eigenvalue weighted by Gasteiger charge is -2.42. The van der Waals surface area contributed by atoms with E-state index < -0.39 is 0 Å². The zero-order valence-electron chi connectivity index (χ0n) is 12.4. The molecule has 0 aromatic rings. The minimum absolute atomic E-state index is 0.425. The third-order valence-corrected chi connectivity index (χ3v) is 5.73. The van der Waals surface area contributed by atoms with Crippen molar-refractivity contribution in [2.24, 2.45) is 29.6 Å². The molecular weight excluding hydrogens is 220 g/mol. The van der Waals surface area contributed by atoms with Crippen molar-refractivity contribution in [1.82, 2.24) is 0 Å². The van der Waals surface area contributed by atoms with Gasteiger partial charge in [0.2, 0.25) is 0 Å². The molecule has 18 heavy (non-hydrogen) atoms. The van der Waals surface area contributed by atoms with Crippen molar-refractivity contribution < 1.29 is 5.11 Å². The van der Waals surface area contributed by atoms with Gasteiger partial charge in [0.25, 0.3) is 0 Å². The van der Waals surface area contributed by atoms with E-state index in [1.54, 1.807) is 0 Å². The summed E-state index contributed by atoms with van der Waals surface area (Å²) >= 11 is 0. The Morgan fingerprint density at radius 1 is 1.00 bits per heavy atom. The third kappa shape index (κ3) is 3.50. The number of aliphatic hydroxyl groups is 1. The van der Waals surface area contributed by atoms with Gasteiger partial charge in [-0.25, -0.2) is 0 Å². The molecule has 106 valence electrons. The van der Waals surface area contributed by atoms with Crippen LogP contribution in [-0.2, 0) is 0 Å². The molecule has 3 unspecified atom stereocenters. The van der Waals surface area contributed by atoms with Crippen LogP contribution in [-0.4, -0.2) is 11.7 Å². The molecule has 3 atom stereocenters. The van der Waals surface area contributed by atoms with Crippen LogP contribution in [0.25, 0.3) is 0 Å². The maximum atomic E-state index is 9.41. The van der Waals surface area contributed by atoms with E-state index in [9.17, 15) is 5.11 Å². The molecule has 0 spiro atoms. The van der Waals surface area contributed by atoms with Gasteiger partial charge in [0.1, 0.15) is 0 Å². The van der Waals surface area contributed by atoms with E-state index in [1.807, 2.05) is 0 Å². The monoisotopic (exact) mass is 252 g/mol. The molecule has 1 heteroatoms. The summed E-state index contributed by atoms with van der Waals surface area (Å²) in [5, 5.41) is 9.41. The Bertz CT molecular complexity index is 230. The lowest BCUT2D eigenvalue weighted by molar-refractivity contribution is 0.0624. The molecule has 2 rings (SSSR count). The van der Waals surface area contributed by atoms with Crippen molar-refractivity contribution in [1.29, 1.82) is 0 Å². The second kappa shape index (κ2) is 6.93. The van der Waals surface area contributed by atoms with Gasteiger partial charge in [-0.15, -0.1) is 0 Å². The van der Waals surface area contributed by atoms with Crippen molar-refractivity contribution in [3.8, 4) is 0 Å². The van der Waals surface area contributed by atoms with E-state index >= 15 is 0 Å². The summed E-state index contributed by atoms with van der Waals surface area (Å²) in [5.74, 6) is 4.50. The van der Waals surface area contributed by atoms with Crippen molar-refractivity contribution >= 4 is 0 Å². The van der Waals surface area contributed by atoms with Crippen LogP contribution in [0.2, 0.25) is 0 Å². The first-order valence-electron chi connectivity index (χ1n) is 8.35. The fourth-order valence-electron chi connectivity index (χ4n) is 4.59. The van der Waals surface area contributed by atoms with Crippen molar-refractivity contribution in [2.75, 3.05) is 6.61 Å². The van der Waals surface area contributed by atoms with Gasteiger partial charge in [-0.05, 0) is 61.7 Å². The molecule has 2 saturated carbocycles. The number of rotatable bonds is 4. The van der Waals surface area contributed by atoms with Gasteiger partial charge in [-0.1, -0.05) is 39.5 Å². The number of aliphatic hydroxyl groups excluding tert-OH is 1. The summed E-state index contributed by atoms with van der Waals surface area (Å²) in [6.07, 6.45) is 12.6. The molecule has 2 fully saturated rings. The van der Waals surface area contributed by atoms with Gasteiger partial charge in [-0.2, -0.15) is 0 Å². The molecule has 0 radical (unpaired) electrons. The fourth-order valence-corrected chi connectivity index (χ4v) is 4.59. The van der Waals surface area contributed by atoms with Crippen molar-refractivity contribution in [3.05, 3.63) is 0 Å². The smallest absolute Gasteiger partial charge is 0.0459 e. The van der Waals surface area contributed by atoms with Gasteiger partial charge in [-0.3, -0.25) is 0 Å². The molecule has 0 saturated heterocycles. The maximum absolute atomic E-state index is 9.41. The highest BCUT2D eigenvalue weighted by Crippen LogP contribution is 2.45. The van der Waals surface area contributed by atoms with Gasteiger partial charge in [0.05, 0.1) is 0 Å². The summed E-state index contributed by atoms with van der Waals surface area (Å²) in [4.78, 5) is 0. The van der Waals surface area contributed by atoms with Crippen LogP contribution < -0.4 is 0 Å². The van der Waals surface area contributed by atoms with Crippen molar-refractivity contribution in [3.63, 3.8) is 0 Å². The molecule has 1 nitrogen and oxygen atoms in total. The Hall–Kier alpha value is -0.0400. The molecule has 0 aliphatic heterocycles. The van der Waals surface area contributed by atoms with E-state index in [4.69, 9.17) is 0 Å². The van der Waals surface area contributed by atoms with E-state index in [0.29, 0.717) is 12.5 Å². The average molecular weight is 252 g/mol. The zero-order chi connectivity index (χ0) is 13.0. The van der Waals surface area contributed by atoms with Crippen molar-refractivity contribution in [2.45, 2.75) is 71.6 Å². The summed E-state index contributed by atoms with van der Waals surface area (Å²) in [6, 6.07) is 0. The molecule has 2 aliphatic rings. The van der Waals surface area contributed by atoms with Crippen LogP contribution in [0.5, 0.6) is 0 Å². The average Bonchev–Trinajstić information content (AvgIpc) is 2.40. The van der Waals surface area contributed by atoms with Crippen LogP contribution in [0.15, 0.2) is 0 Å². The molecule has 0 heterocycles.